The van der Waals surface area contributed by atoms with Crippen molar-refractivity contribution in [3.05, 3.63) is 72.1 Å². The summed E-state index contributed by atoms with van der Waals surface area (Å²) in [5.74, 6) is 1.59. The van der Waals surface area contributed by atoms with Crippen LogP contribution in [0.4, 0.5) is 0 Å². The normalized spacial score (nSPS) is 12.4. The van der Waals surface area contributed by atoms with Crippen molar-refractivity contribution in [2.45, 2.75) is 49.3 Å². The number of hydrogen-bond acceptors (Lipinski definition) is 6. The van der Waals surface area contributed by atoms with Crippen molar-refractivity contribution in [1.29, 1.82) is 0 Å². The smallest absolute Gasteiger partial charge is 0.227 e. The van der Waals surface area contributed by atoms with Crippen LogP contribution in [0.2, 0.25) is 0 Å². The van der Waals surface area contributed by atoms with Gasteiger partial charge in [-0.25, -0.2) is 18.4 Å². The third kappa shape index (κ3) is 3.82. The van der Waals surface area contributed by atoms with E-state index < -0.39 is 9.84 Å². The largest absolute Gasteiger partial charge is 0.440 e. The van der Waals surface area contributed by atoms with Gasteiger partial charge in [-0.15, -0.1) is 0 Å². The summed E-state index contributed by atoms with van der Waals surface area (Å²) in [6.45, 7) is 8.23. The molecule has 7 heteroatoms. The maximum Gasteiger partial charge on any atom is 0.227 e. The standard InChI is InChI=1S/C26H24N2O4S/c1-15(2)17-5-7-18(8-6-17)26-28-22-14-20(10-12-24(22)32-26)33(29,30)19-9-11-23-21(13-19)27-25(31-23)16(3)4/h5-16H,1-4H3. The Morgan fingerprint density at radius 1 is 0.697 bits per heavy atom. The van der Waals surface area contributed by atoms with E-state index in [-0.39, 0.29) is 15.7 Å². The predicted octanol–water partition coefficient (Wildman–Crippen LogP) is 6.72. The lowest BCUT2D eigenvalue weighted by Crippen LogP contribution is -2.01. The summed E-state index contributed by atoms with van der Waals surface area (Å²) in [5, 5.41) is 0. The molecule has 0 bridgehead atoms. The van der Waals surface area contributed by atoms with E-state index in [1.165, 1.54) is 5.56 Å². The molecule has 0 aliphatic rings. The Morgan fingerprint density at radius 3 is 1.85 bits per heavy atom. The first-order valence-corrected chi connectivity index (χ1v) is 12.4. The molecule has 0 unspecified atom stereocenters. The van der Waals surface area contributed by atoms with E-state index in [0.29, 0.717) is 39.9 Å². The van der Waals surface area contributed by atoms with Crippen LogP contribution in [0.5, 0.6) is 0 Å². The molecule has 0 saturated heterocycles. The molecule has 0 amide bonds. The Hall–Kier alpha value is -3.45. The zero-order chi connectivity index (χ0) is 23.3. The van der Waals surface area contributed by atoms with E-state index in [9.17, 15) is 8.42 Å². The Morgan fingerprint density at radius 2 is 1.27 bits per heavy atom. The molecule has 0 N–H and O–H groups in total. The molecule has 0 aliphatic carbocycles. The maximum atomic E-state index is 13.3. The maximum absolute atomic E-state index is 13.3. The highest BCUT2D eigenvalue weighted by Crippen LogP contribution is 2.31. The fourth-order valence-corrected chi connectivity index (χ4v) is 4.98. The lowest BCUT2D eigenvalue weighted by molar-refractivity contribution is 0.501. The van der Waals surface area contributed by atoms with Crippen molar-refractivity contribution in [2.75, 3.05) is 0 Å². The summed E-state index contributed by atoms with van der Waals surface area (Å²) in [4.78, 5) is 9.27. The number of hydrogen-bond donors (Lipinski definition) is 0. The third-order valence-corrected chi connectivity index (χ3v) is 7.42. The number of nitrogens with zero attached hydrogens (tertiary/aromatic N) is 2. The van der Waals surface area contributed by atoms with Crippen LogP contribution in [0.25, 0.3) is 33.7 Å². The molecule has 0 atom stereocenters. The number of fused-ring (bicyclic) bond motifs is 2. The molecule has 168 valence electrons. The first-order chi connectivity index (χ1) is 15.7. The fraction of sp³-hybridized carbons (Fsp3) is 0.231. The van der Waals surface area contributed by atoms with Crippen molar-refractivity contribution in [3.63, 3.8) is 0 Å². The molecule has 2 heterocycles. The first-order valence-electron chi connectivity index (χ1n) is 10.9. The van der Waals surface area contributed by atoms with Crippen molar-refractivity contribution in [2.24, 2.45) is 0 Å². The average molecular weight is 461 g/mol. The van der Waals surface area contributed by atoms with Crippen molar-refractivity contribution >= 4 is 32.0 Å². The molecule has 33 heavy (non-hydrogen) atoms. The van der Waals surface area contributed by atoms with Crippen LogP contribution in [-0.4, -0.2) is 18.4 Å². The minimum absolute atomic E-state index is 0.114. The average Bonchev–Trinajstić information content (AvgIpc) is 3.42. The van der Waals surface area contributed by atoms with Crippen LogP contribution >= 0.6 is 0 Å². The van der Waals surface area contributed by atoms with Gasteiger partial charge in [0.1, 0.15) is 11.0 Å². The molecule has 6 nitrogen and oxygen atoms in total. The highest BCUT2D eigenvalue weighted by atomic mass is 32.2. The van der Waals surface area contributed by atoms with Crippen LogP contribution in [0.1, 0.15) is 51.0 Å². The van der Waals surface area contributed by atoms with Gasteiger partial charge in [0, 0.05) is 11.5 Å². The lowest BCUT2D eigenvalue weighted by atomic mass is 10.0. The van der Waals surface area contributed by atoms with Gasteiger partial charge in [-0.3, -0.25) is 0 Å². The van der Waals surface area contributed by atoms with Crippen LogP contribution in [-0.2, 0) is 9.84 Å². The van der Waals surface area contributed by atoms with E-state index in [1.807, 2.05) is 26.0 Å². The molecular formula is C26H24N2O4S. The number of sulfone groups is 1. The second kappa shape index (κ2) is 7.85. The van der Waals surface area contributed by atoms with Gasteiger partial charge in [-0.2, -0.15) is 0 Å². The number of aromatic nitrogens is 2. The highest BCUT2D eigenvalue weighted by Gasteiger charge is 2.21. The van der Waals surface area contributed by atoms with E-state index in [2.05, 4.69) is 35.9 Å². The summed E-state index contributed by atoms with van der Waals surface area (Å²) in [5.41, 5.74) is 4.19. The van der Waals surface area contributed by atoms with E-state index in [4.69, 9.17) is 8.83 Å². The predicted molar refractivity (Wildman–Crippen MR) is 127 cm³/mol. The molecule has 0 aliphatic heterocycles. The fourth-order valence-electron chi connectivity index (χ4n) is 3.68. The van der Waals surface area contributed by atoms with Gasteiger partial charge >= 0.3 is 0 Å². The second-order valence-electron chi connectivity index (χ2n) is 8.77. The van der Waals surface area contributed by atoms with Gasteiger partial charge in [-0.1, -0.05) is 39.8 Å². The number of benzene rings is 3. The molecule has 5 rings (SSSR count). The number of rotatable bonds is 5. The molecule has 2 aromatic heterocycles. The molecule has 0 spiro atoms. The lowest BCUT2D eigenvalue weighted by Gasteiger charge is -2.04. The Kier molecular flexibility index (Phi) is 5.09. The monoisotopic (exact) mass is 460 g/mol. The molecule has 0 fully saturated rings. The summed E-state index contributed by atoms with van der Waals surface area (Å²) < 4.78 is 38.2. The second-order valence-corrected chi connectivity index (χ2v) is 10.7. The van der Waals surface area contributed by atoms with Gasteiger partial charge in [0.25, 0.3) is 0 Å². The molecular weight excluding hydrogens is 436 g/mol. The number of oxazole rings is 2. The molecule has 5 aromatic rings. The zero-order valence-corrected chi connectivity index (χ0v) is 19.7. The van der Waals surface area contributed by atoms with Gasteiger partial charge in [0.2, 0.25) is 15.7 Å². The van der Waals surface area contributed by atoms with Crippen molar-refractivity contribution < 1.29 is 17.3 Å². The summed E-state index contributed by atoms with van der Waals surface area (Å²) in [6.07, 6.45) is 0. The van der Waals surface area contributed by atoms with Crippen LogP contribution < -0.4 is 0 Å². The van der Waals surface area contributed by atoms with Gasteiger partial charge in [0.05, 0.1) is 9.79 Å². The summed E-state index contributed by atoms with van der Waals surface area (Å²) >= 11 is 0. The zero-order valence-electron chi connectivity index (χ0n) is 18.9. The first kappa shape index (κ1) is 21.4. The highest BCUT2D eigenvalue weighted by molar-refractivity contribution is 7.91. The van der Waals surface area contributed by atoms with Crippen molar-refractivity contribution in [3.8, 4) is 11.5 Å². The molecule has 0 radical (unpaired) electrons. The van der Waals surface area contributed by atoms with Crippen LogP contribution in [0.3, 0.4) is 0 Å². The van der Waals surface area contributed by atoms with E-state index in [0.717, 1.165) is 5.56 Å². The Labute approximate surface area is 192 Å². The van der Waals surface area contributed by atoms with E-state index >= 15 is 0 Å². The van der Waals surface area contributed by atoms with E-state index in [1.54, 1.807) is 36.4 Å². The summed E-state index contributed by atoms with van der Waals surface area (Å²) in [7, 11) is -3.77. The summed E-state index contributed by atoms with van der Waals surface area (Å²) in [6, 6.07) is 17.5. The SMILES string of the molecule is CC(C)c1ccc(-c2nc3cc(S(=O)(=O)c4ccc5oc(C(C)C)nc5c4)ccc3o2)cc1. The topological polar surface area (TPSA) is 86.2 Å². The minimum atomic E-state index is -3.77. The third-order valence-electron chi connectivity index (χ3n) is 5.67. The van der Waals surface area contributed by atoms with Gasteiger partial charge in [0.15, 0.2) is 17.1 Å². The van der Waals surface area contributed by atoms with Gasteiger partial charge in [-0.05, 0) is 60.0 Å². The van der Waals surface area contributed by atoms with Crippen LogP contribution in [0, 0.1) is 0 Å². The van der Waals surface area contributed by atoms with Crippen LogP contribution in [0.15, 0.2) is 79.3 Å². The van der Waals surface area contributed by atoms with Gasteiger partial charge < -0.3 is 8.83 Å². The van der Waals surface area contributed by atoms with Crippen molar-refractivity contribution in [1.82, 2.24) is 9.97 Å². The Balaban J connectivity index is 1.52. The Bertz CT molecular complexity index is 1580. The quantitative estimate of drug-likeness (QED) is 0.289. The minimum Gasteiger partial charge on any atom is -0.440 e. The molecule has 3 aromatic carbocycles. The molecule has 0 saturated carbocycles.